The lowest BCUT2D eigenvalue weighted by Gasteiger charge is -2.10. The van der Waals surface area contributed by atoms with Crippen LogP contribution in [0.15, 0.2) is 38.9 Å². The van der Waals surface area contributed by atoms with Crippen molar-refractivity contribution >= 4 is 27.3 Å². The number of thiophene rings is 1. The largest absolute Gasteiger partial charge is 0.472 e. The van der Waals surface area contributed by atoms with E-state index in [1.54, 1.807) is 23.9 Å². The van der Waals surface area contributed by atoms with Crippen LogP contribution in [0, 0.1) is 0 Å². The molecule has 0 aliphatic heterocycles. The molecule has 1 atom stereocenters. The fourth-order valence-corrected chi connectivity index (χ4v) is 2.80. The number of halogens is 1. The fourth-order valence-electron chi connectivity index (χ4n) is 1.32. The van der Waals surface area contributed by atoms with Gasteiger partial charge in [0.05, 0.1) is 12.5 Å². The number of nitrogens with one attached hydrogen (secondary N) is 1. The highest BCUT2D eigenvalue weighted by molar-refractivity contribution is 9.10. The molecule has 0 bridgehead atoms. The van der Waals surface area contributed by atoms with Crippen molar-refractivity contribution in [1.29, 1.82) is 0 Å². The van der Waals surface area contributed by atoms with E-state index in [-0.39, 0.29) is 0 Å². The van der Waals surface area contributed by atoms with Crippen LogP contribution in [0.5, 0.6) is 0 Å². The zero-order valence-corrected chi connectivity index (χ0v) is 10.8. The summed E-state index contributed by atoms with van der Waals surface area (Å²) in [6, 6.07) is 4.50. The molecule has 0 saturated carbocycles. The zero-order chi connectivity index (χ0) is 10.7. The zero-order valence-electron chi connectivity index (χ0n) is 8.37. The predicted molar refractivity (Wildman–Crippen MR) is 66.0 cm³/mol. The van der Waals surface area contributed by atoms with Gasteiger partial charge < -0.3 is 9.73 Å². The Bertz CT molecular complexity index is 410. The molecule has 0 spiro atoms. The highest BCUT2D eigenvalue weighted by Gasteiger charge is 2.07. The summed E-state index contributed by atoms with van der Waals surface area (Å²) in [7, 11) is 0. The van der Waals surface area contributed by atoms with Gasteiger partial charge in [-0.1, -0.05) is 0 Å². The molecule has 15 heavy (non-hydrogen) atoms. The van der Waals surface area contributed by atoms with Crippen molar-refractivity contribution < 1.29 is 4.42 Å². The summed E-state index contributed by atoms with van der Waals surface area (Å²) in [6.07, 6.45) is 3.47. The van der Waals surface area contributed by atoms with E-state index in [2.05, 4.69) is 39.6 Å². The summed E-state index contributed by atoms with van der Waals surface area (Å²) in [4.78, 5) is 1.34. The van der Waals surface area contributed by atoms with Crippen LogP contribution >= 0.6 is 27.3 Å². The van der Waals surface area contributed by atoms with E-state index in [9.17, 15) is 0 Å². The topological polar surface area (TPSA) is 25.2 Å². The third-order valence-electron chi connectivity index (χ3n) is 2.21. The average Bonchev–Trinajstić information content (AvgIpc) is 2.84. The summed E-state index contributed by atoms with van der Waals surface area (Å²) >= 11 is 5.22. The van der Waals surface area contributed by atoms with E-state index >= 15 is 0 Å². The van der Waals surface area contributed by atoms with E-state index in [4.69, 9.17) is 4.42 Å². The fraction of sp³-hybridized carbons (Fsp3) is 0.273. The maximum absolute atomic E-state index is 5.01. The molecule has 80 valence electrons. The second kappa shape index (κ2) is 4.96. The molecular weight excluding hydrogens is 274 g/mol. The van der Waals surface area contributed by atoms with Crippen LogP contribution in [0.2, 0.25) is 0 Å². The molecule has 4 heteroatoms. The van der Waals surface area contributed by atoms with E-state index in [0.717, 1.165) is 11.0 Å². The van der Waals surface area contributed by atoms with Crippen LogP contribution in [0.3, 0.4) is 0 Å². The first-order valence-electron chi connectivity index (χ1n) is 4.74. The lowest BCUT2D eigenvalue weighted by atomic mass is 10.2. The van der Waals surface area contributed by atoms with Crippen LogP contribution in [0.4, 0.5) is 0 Å². The summed E-state index contributed by atoms with van der Waals surface area (Å²) < 4.78 is 6.16. The van der Waals surface area contributed by atoms with Crippen molar-refractivity contribution in [2.75, 3.05) is 0 Å². The molecular formula is C11H12BrNOS. The van der Waals surface area contributed by atoms with Crippen molar-refractivity contribution in [3.8, 4) is 0 Å². The van der Waals surface area contributed by atoms with Gasteiger partial charge in [-0.05, 0) is 35.0 Å². The number of rotatable bonds is 4. The molecule has 1 N–H and O–H groups in total. The third kappa shape index (κ3) is 2.93. The van der Waals surface area contributed by atoms with Gasteiger partial charge in [-0.25, -0.2) is 0 Å². The standard InChI is InChI=1S/C11H12BrNOS/c1-8(11-4-10(12)7-15-11)13-5-9-2-3-14-6-9/h2-4,6-8,13H,5H2,1H3/t8-/m1/s1. The second-order valence-corrected chi connectivity index (χ2v) is 5.26. The van der Waals surface area contributed by atoms with Crippen LogP contribution < -0.4 is 5.32 Å². The van der Waals surface area contributed by atoms with Gasteiger partial charge in [0.2, 0.25) is 0 Å². The van der Waals surface area contributed by atoms with Crippen molar-refractivity contribution in [3.63, 3.8) is 0 Å². The normalized spacial score (nSPS) is 12.9. The van der Waals surface area contributed by atoms with E-state index < -0.39 is 0 Å². The van der Waals surface area contributed by atoms with Crippen LogP contribution in [0.1, 0.15) is 23.4 Å². The van der Waals surface area contributed by atoms with E-state index in [0.29, 0.717) is 6.04 Å². The first-order valence-corrected chi connectivity index (χ1v) is 6.41. The Kier molecular flexibility index (Phi) is 3.61. The van der Waals surface area contributed by atoms with Gasteiger partial charge in [-0.2, -0.15) is 0 Å². The summed E-state index contributed by atoms with van der Waals surface area (Å²) in [6.45, 7) is 3.01. The average molecular weight is 286 g/mol. The summed E-state index contributed by atoms with van der Waals surface area (Å²) in [5, 5.41) is 5.55. The molecule has 0 unspecified atom stereocenters. The molecule has 0 amide bonds. The van der Waals surface area contributed by atoms with Gasteiger partial charge in [0.1, 0.15) is 0 Å². The maximum Gasteiger partial charge on any atom is 0.0947 e. The third-order valence-corrected chi connectivity index (χ3v) is 4.08. The number of furan rings is 1. The number of hydrogen-bond acceptors (Lipinski definition) is 3. The van der Waals surface area contributed by atoms with Crippen LogP contribution in [-0.2, 0) is 6.54 Å². The Morgan fingerprint density at radius 2 is 2.47 bits per heavy atom. The quantitative estimate of drug-likeness (QED) is 0.920. The molecule has 2 heterocycles. The highest BCUT2D eigenvalue weighted by atomic mass is 79.9. The molecule has 2 nitrogen and oxygen atoms in total. The first kappa shape index (κ1) is 10.9. The predicted octanol–water partition coefficient (Wildman–Crippen LogP) is 3.95. The molecule has 2 aromatic rings. The van der Waals surface area contributed by atoms with Crippen molar-refractivity contribution in [2.24, 2.45) is 0 Å². The molecule has 0 radical (unpaired) electrons. The summed E-state index contributed by atoms with van der Waals surface area (Å²) in [5.74, 6) is 0. The van der Waals surface area contributed by atoms with Crippen molar-refractivity contribution in [3.05, 3.63) is 45.0 Å². The molecule has 0 fully saturated rings. The monoisotopic (exact) mass is 285 g/mol. The lowest BCUT2D eigenvalue weighted by Crippen LogP contribution is -2.16. The van der Waals surface area contributed by atoms with E-state index in [1.807, 2.05) is 6.07 Å². The van der Waals surface area contributed by atoms with Crippen molar-refractivity contribution in [1.82, 2.24) is 5.32 Å². The van der Waals surface area contributed by atoms with Gasteiger partial charge >= 0.3 is 0 Å². The molecule has 0 saturated heterocycles. The lowest BCUT2D eigenvalue weighted by molar-refractivity contribution is 0.549. The minimum atomic E-state index is 0.371. The van der Waals surface area contributed by atoms with Crippen LogP contribution in [-0.4, -0.2) is 0 Å². The van der Waals surface area contributed by atoms with Gasteiger partial charge in [-0.15, -0.1) is 11.3 Å². The van der Waals surface area contributed by atoms with Gasteiger partial charge in [-0.3, -0.25) is 0 Å². The smallest absolute Gasteiger partial charge is 0.0947 e. The number of hydrogen-bond donors (Lipinski definition) is 1. The van der Waals surface area contributed by atoms with Gasteiger partial charge in [0.15, 0.2) is 0 Å². The maximum atomic E-state index is 5.01. The minimum absolute atomic E-state index is 0.371. The second-order valence-electron chi connectivity index (χ2n) is 3.40. The Hall–Kier alpha value is -0.580. The van der Waals surface area contributed by atoms with Crippen molar-refractivity contribution in [2.45, 2.75) is 19.5 Å². The summed E-state index contributed by atoms with van der Waals surface area (Å²) in [5.41, 5.74) is 1.18. The molecule has 2 rings (SSSR count). The van der Waals surface area contributed by atoms with E-state index in [1.165, 1.54) is 10.4 Å². The van der Waals surface area contributed by atoms with Gasteiger partial charge in [0.25, 0.3) is 0 Å². The van der Waals surface area contributed by atoms with Crippen LogP contribution in [0.25, 0.3) is 0 Å². The minimum Gasteiger partial charge on any atom is -0.472 e. The molecule has 0 aliphatic carbocycles. The highest BCUT2D eigenvalue weighted by Crippen LogP contribution is 2.25. The SMILES string of the molecule is C[C@@H](NCc1ccoc1)c1cc(Br)cs1. The first-order chi connectivity index (χ1) is 7.25. The Morgan fingerprint density at radius 1 is 1.60 bits per heavy atom. The Labute approximate surface area is 101 Å². The Morgan fingerprint density at radius 3 is 3.07 bits per heavy atom. The molecule has 0 aromatic carbocycles. The molecule has 2 aromatic heterocycles. The van der Waals surface area contributed by atoms with Gasteiger partial charge in [0, 0.05) is 32.9 Å². The molecule has 0 aliphatic rings. The Balaban J connectivity index is 1.90.